The molecule has 12 heavy (non-hydrogen) atoms. The van der Waals surface area contributed by atoms with Gasteiger partial charge in [0, 0.05) is 0 Å². The zero-order chi connectivity index (χ0) is 8.36. The van der Waals surface area contributed by atoms with Crippen molar-refractivity contribution in [1.82, 2.24) is 0 Å². The highest BCUT2D eigenvalue weighted by Gasteiger charge is 1.88. The topological polar surface area (TPSA) is 26.3 Å². The second-order valence-electron chi connectivity index (χ2n) is 2.73. The highest BCUT2D eigenvalue weighted by molar-refractivity contribution is 5.85. The second kappa shape index (κ2) is 13.4. The predicted octanol–water partition coefficient (Wildman–Crippen LogP) is 2.94. The van der Waals surface area contributed by atoms with Gasteiger partial charge in [-0.05, 0) is 6.42 Å². The molecule has 0 radical (unpaired) electrons. The molecule has 0 bridgehead atoms. The Hall–Kier alpha value is -0.240. The fourth-order valence-corrected chi connectivity index (χ4v) is 1.01. The van der Waals surface area contributed by atoms with Crippen LogP contribution in [-0.4, -0.2) is 13.1 Å². The molecule has 74 valence electrons. The van der Waals surface area contributed by atoms with Gasteiger partial charge in [0.25, 0.3) is 6.47 Å². The Labute approximate surface area is 81.1 Å². The third-order valence-electron chi connectivity index (χ3n) is 1.68. The van der Waals surface area contributed by atoms with E-state index in [1.54, 1.807) is 0 Å². The number of unbranched alkanes of at least 4 members (excludes halogenated alkanes) is 5. The van der Waals surface area contributed by atoms with Gasteiger partial charge in [0.2, 0.25) is 0 Å². The molecule has 0 saturated heterocycles. The number of rotatable bonds is 8. The highest BCUT2D eigenvalue weighted by Crippen LogP contribution is 2.04. The SMILES string of the molecule is CCCCCCCCOC=O.Cl. The number of carbonyl (C=O) groups excluding carboxylic acids is 1. The normalized spacial score (nSPS) is 8.75. The van der Waals surface area contributed by atoms with Crippen LogP contribution in [0.3, 0.4) is 0 Å². The minimum atomic E-state index is 0. The number of ether oxygens (including phenoxy) is 1. The lowest BCUT2D eigenvalue weighted by Gasteiger charge is -1.98. The molecule has 2 nitrogen and oxygen atoms in total. The van der Waals surface area contributed by atoms with Crippen molar-refractivity contribution >= 4 is 18.9 Å². The van der Waals surface area contributed by atoms with E-state index in [9.17, 15) is 4.79 Å². The summed E-state index contributed by atoms with van der Waals surface area (Å²) in [4.78, 5) is 9.72. The monoisotopic (exact) mass is 194 g/mol. The first-order chi connectivity index (χ1) is 5.41. The van der Waals surface area contributed by atoms with Gasteiger partial charge >= 0.3 is 0 Å². The van der Waals surface area contributed by atoms with Crippen LogP contribution in [0, 0.1) is 0 Å². The van der Waals surface area contributed by atoms with Gasteiger partial charge < -0.3 is 4.74 Å². The van der Waals surface area contributed by atoms with E-state index in [4.69, 9.17) is 0 Å². The summed E-state index contributed by atoms with van der Waals surface area (Å²) in [7, 11) is 0. The Morgan fingerprint density at radius 2 is 1.67 bits per heavy atom. The Bertz CT molecular complexity index is 86.6. The van der Waals surface area contributed by atoms with Crippen LogP contribution in [-0.2, 0) is 9.53 Å². The fourth-order valence-electron chi connectivity index (χ4n) is 1.01. The van der Waals surface area contributed by atoms with E-state index in [2.05, 4.69) is 11.7 Å². The first-order valence-corrected chi connectivity index (χ1v) is 4.47. The third-order valence-corrected chi connectivity index (χ3v) is 1.68. The smallest absolute Gasteiger partial charge is 0.293 e. The Morgan fingerprint density at radius 3 is 2.25 bits per heavy atom. The van der Waals surface area contributed by atoms with Crippen molar-refractivity contribution in [2.45, 2.75) is 45.4 Å². The zero-order valence-electron chi connectivity index (χ0n) is 7.75. The Morgan fingerprint density at radius 1 is 1.08 bits per heavy atom. The molecule has 0 aliphatic rings. The molecule has 0 aromatic rings. The quantitative estimate of drug-likeness (QED) is 0.439. The first kappa shape index (κ1) is 14.3. The average Bonchev–Trinajstić information content (AvgIpc) is 2.03. The van der Waals surface area contributed by atoms with Gasteiger partial charge in [-0.2, -0.15) is 0 Å². The molecule has 0 N–H and O–H groups in total. The molecule has 0 heterocycles. The average molecular weight is 195 g/mol. The van der Waals surface area contributed by atoms with Crippen LogP contribution in [0.4, 0.5) is 0 Å². The molecule has 0 atom stereocenters. The van der Waals surface area contributed by atoms with E-state index in [1.807, 2.05) is 0 Å². The standard InChI is InChI=1S/C9H18O2.ClH/c1-2-3-4-5-6-7-8-11-9-10;/h9H,2-8H2,1H3;1H. The van der Waals surface area contributed by atoms with Crippen LogP contribution in [0.5, 0.6) is 0 Å². The van der Waals surface area contributed by atoms with Crippen molar-refractivity contribution in [1.29, 1.82) is 0 Å². The summed E-state index contributed by atoms with van der Waals surface area (Å²) in [5.74, 6) is 0. The summed E-state index contributed by atoms with van der Waals surface area (Å²) >= 11 is 0. The molecule has 0 rings (SSSR count). The van der Waals surface area contributed by atoms with E-state index in [-0.39, 0.29) is 12.4 Å². The molecule has 0 unspecified atom stereocenters. The van der Waals surface area contributed by atoms with E-state index in [1.165, 1.54) is 32.1 Å². The van der Waals surface area contributed by atoms with Crippen LogP contribution >= 0.6 is 12.4 Å². The van der Waals surface area contributed by atoms with Crippen molar-refractivity contribution in [3.63, 3.8) is 0 Å². The van der Waals surface area contributed by atoms with Crippen molar-refractivity contribution in [3.8, 4) is 0 Å². The van der Waals surface area contributed by atoms with Gasteiger partial charge in [-0.3, -0.25) is 4.79 Å². The van der Waals surface area contributed by atoms with Crippen LogP contribution < -0.4 is 0 Å². The minimum Gasteiger partial charge on any atom is -0.468 e. The van der Waals surface area contributed by atoms with Gasteiger partial charge in [0.15, 0.2) is 0 Å². The van der Waals surface area contributed by atoms with E-state index in [0.717, 1.165) is 6.42 Å². The summed E-state index contributed by atoms with van der Waals surface area (Å²) in [5.41, 5.74) is 0. The molecule has 0 spiro atoms. The molecular formula is C9H19ClO2. The van der Waals surface area contributed by atoms with E-state index in [0.29, 0.717) is 13.1 Å². The molecule has 3 heteroatoms. The van der Waals surface area contributed by atoms with Gasteiger partial charge in [-0.25, -0.2) is 0 Å². The van der Waals surface area contributed by atoms with Crippen LogP contribution in [0.1, 0.15) is 45.4 Å². The maximum atomic E-state index is 9.72. The summed E-state index contributed by atoms with van der Waals surface area (Å²) in [5, 5.41) is 0. The number of hydrogen-bond donors (Lipinski definition) is 0. The predicted molar refractivity (Wildman–Crippen MR) is 52.6 cm³/mol. The lowest BCUT2D eigenvalue weighted by molar-refractivity contribution is -0.128. The van der Waals surface area contributed by atoms with Crippen LogP contribution in [0.25, 0.3) is 0 Å². The lowest BCUT2D eigenvalue weighted by Crippen LogP contribution is -1.90. The molecular weight excluding hydrogens is 176 g/mol. The van der Waals surface area contributed by atoms with Crippen LogP contribution in [0.15, 0.2) is 0 Å². The van der Waals surface area contributed by atoms with Gasteiger partial charge in [-0.15, -0.1) is 12.4 Å². The van der Waals surface area contributed by atoms with Crippen molar-refractivity contribution in [2.75, 3.05) is 6.61 Å². The largest absolute Gasteiger partial charge is 0.468 e. The Kier molecular flexibility index (Phi) is 15.9. The van der Waals surface area contributed by atoms with Crippen molar-refractivity contribution < 1.29 is 9.53 Å². The molecule has 0 fully saturated rings. The molecule has 0 saturated carbocycles. The summed E-state index contributed by atoms with van der Waals surface area (Å²) in [6, 6.07) is 0. The van der Waals surface area contributed by atoms with Crippen LogP contribution in [0.2, 0.25) is 0 Å². The van der Waals surface area contributed by atoms with Gasteiger partial charge in [0.1, 0.15) is 0 Å². The van der Waals surface area contributed by atoms with Gasteiger partial charge in [0.05, 0.1) is 6.61 Å². The minimum absolute atomic E-state index is 0. The molecule has 0 aromatic heterocycles. The lowest BCUT2D eigenvalue weighted by atomic mass is 10.1. The van der Waals surface area contributed by atoms with Crippen molar-refractivity contribution in [2.24, 2.45) is 0 Å². The number of carbonyl (C=O) groups is 1. The van der Waals surface area contributed by atoms with Gasteiger partial charge in [-0.1, -0.05) is 39.0 Å². The second-order valence-corrected chi connectivity index (χ2v) is 2.73. The van der Waals surface area contributed by atoms with E-state index >= 15 is 0 Å². The van der Waals surface area contributed by atoms with E-state index < -0.39 is 0 Å². The molecule has 0 aromatic carbocycles. The van der Waals surface area contributed by atoms with Crippen molar-refractivity contribution in [3.05, 3.63) is 0 Å². The zero-order valence-corrected chi connectivity index (χ0v) is 8.57. The number of hydrogen-bond acceptors (Lipinski definition) is 2. The summed E-state index contributed by atoms with van der Waals surface area (Å²) in [6.45, 7) is 3.32. The summed E-state index contributed by atoms with van der Waals surface area (Å²) < 4.78 is 4.56. The summed E-state index contributed by atoms with van der Waals surface area (Å²) in [6.07, 6.45) is 7.41. The molecule has 0 amide bonds. The highest BCUT2D eigenvalue weighted by atomic mass is 35.5. The fraction of sp³-hybridized carbons (Fsp3) is 0.889. The first-order valence-electron chi connectivity index (χ1n) is 4.47. The number of halogens is 1. The molecule has 0 aliphatic carbocycles. The third kappa shape index (κ3) is 12.4. The molecule has 0 aliphatic heterocycles. The maximum Gasteiger partial charge on any atom is 0.293 e. The maximum absolute atomic E-state index is 9.72. The Balaban J connectivity index is 0.